The van der Waals surface area contributed by atoms with Gasteiger partial charge in [-0.1, -0.05) is 19.2 Å². The fraction of sp³-hybridized carbons (Fsp3) is 0.100. The van der Waals surface area contributed by atoms with Crippen LogP contribution in [0.15, 0.2) is 48.7 Å². The second-order valence-electron chi connectivity index (χ2n) is 2.31. The number of rotatable bonds is 4. The van der Waals surface area contributed by atoms with Gasteiger partial charge in [0, 0.05) is 0 Å². The SMILES string of the molecule is C=C/C(F)=C(\C(=C)F)C(=O)N/C=C\C. The molecule has 0 aliphatic rings. The molecule has 0 spiro atoms. The molecular formula is C10H11F2NO. The van der Waals surface area contributed by atoms with E-state index in [0.29, 0.717) is 0 Å². The van der Waals surface area contributed by atoms with Crippen LogP contribution in [0.1, 0.15) is 6.92 Å². The van der Waals surface area contributed by atoms with Crippen molar-refractivity contribution in [3.05, 3.63) is 48.7 Å². The largest absolute Gasteiger partial charge is 0.329 e. The Morgan fingerprint density at radius 1 is 1.43 bits per heavy atom. The Bertz CT molecular complexity index is 316. The Morgan fingerprint density at radius 2 is 2.00 bits per heavy atom. The highest BCUT2D eigenvalue weighted by Gasteiger charge is 2.16. The first kappa shape index (κ1) is 12.3. The lowest BCUT2D eigenvalue weighted by Crippen LogP contribution is -2.20. The number of halogens is 2. The monoisotopic (exact) mass is 199 g/mol. The smallest absolute Gasteiger partial charge is 0.261 e. The van der Waals surface area contributed by atoms with Gasteiger partial charge in [-0.05, 0) is 19.2 Å². The molecule has 14 heavy (non-hydrogen) atoms. The van der Waals surface area contributed by atoms with Crippen molar-refractivity contribution in [3.63, 3.8) is 0 Å². The van der Waals surface area contributed by atoms with Gasteiger partial charge in [-0.3, -0.25) is 4.79 Å². The molecule has 1 N–H and O–H groups in total. The molecule has 0 aromatic carbocycles. The number of hydrogen-bond acceptors (Lipinski definition) is 1. The molecule has 0 saturated heterocycles. The molecule has 0 saturated carbocycles. The van der Waals surface area contributed by atoms with Crippen LogP contribution in [-0.2, 0) is 4.79 Å². The summed E-state index contributed by atoms with van der Waals surface area (Å²) in [5.74, 6) is -3.07. The van der Waals surface area contributed by atoms with E-state index >= 15 is 0 Å². The zero-order valence-electron chi connectivity index (χ0n) is 7.81. The van der Waals surface area contributed by atoms with Gasteiger partial charge in [0.15, 0.2) is 0 Å². The van der Waals surface area contributed by atoms with Crippen molar-refractivity contribution in [1.82, 2.24) is 5.32 Å². The van der Waals surface area contributed by atoms with Crippen LogP contribution in [-0.4, -0.2) is 5.91 Å². The molecule has 0 aromatic rings. The van der Waals surface area contributed by atoms with Gasteiger partial charge in [-0.25, -0.2) is 8.78 Å². The number of hydrogen-bond donors (Lipinski definition) is 1. The van der Waals surface area contributed by atoms with Gasteiger partial charge in [0.05, 0.1) is 0 Å². The van der Waals surface area contributed by atoms with Crippen LogP contribution in [0.4, 0.5) is 8.78 Å². The maximum absolute atomic E-state index is 12.9. The van der Waals surface area contributed by atoms with E-state index in [2.05, 4.69) is 18.5 Å². The van der Waals surface area contributed by atoms with E-state index in [1.165, 1.54) is 12.3 Å². The summed E-state index contributed by atoms with van der Waals surface area (Å²) in [7, 11) is 0. The molecule has 2 nitrogen and oxygen atoms in total. The Hall–Kier alpha value is -1.71. The second kappa shape index (κ2) is 5.85. The number of amides is 1. The molecule has 0 fully saturated rings. The predicted octanol–water partition coefficient (Wildman–Crippen LogP) is 2.53. The number of nitrogens with one attached hydrogen (secondary N) is 1. The van der Waals surface area contributed by atoms with Crippen molar-refractivity contribution >= 4 is 5.91 Å². The van der Waals surface area contributed by atoms with Gasteiger partial charge in [0.25, 0.3) is 5.91 Å². The number of carbonyl (C=O) groups excluding carboxylic acids is 1. The number of carbonyl (C=O) groups is 1. The molecule has 0 aromatic heterocycles. The molecular weight excluding hydrogens is 188 g/mol. The topological polar surface area (TPSA) is 29.1 Å². The fourth-order valence-corrected chi connectivity index (χ4v) is 0.694. The highest BCUT2D eigenvalue weighted by molar-refractivity contribution is 5.98. The summed E-state index contributed by atoms with van der Waals surface area (Å²) in [5.41, 5.74) is -0.738. The number of allylic oxidation sites excluding steroid dienone is 3. The van der Waals surface area contributed by atoms with Crippen LogP contribution in [0.3, 0.4) is 0 Å². The summed E-state index contributed by atoms with van der Waals surface area (Å²) in [6, 6.07) is 0. The zero-order chi connectivity index (χ0) is 11.1. The molecule has 76 valence electrons. The van der Waals surface area contributed by atoms with E-state index < -0.39 is 23.1 Å². The van der Waals surface area contributed by atoms with Crippen LogP contribution >= 0.6 is 0 Å². The average molecular weight is 199 g/mol. The molecule has 0 unspecified atom stereocenters. The summed E-state index contributed by atoms with van der Waals surface area (Å²) < 4.78 is 25.6. The van der Waals surface area contributed by atoms with E-state index in [1.807, 2.05) is 0 Å². The molecule has 0 aliphatic carbocycles. The minimum atomic E-state index is -1.13. The van der Waals surface area contributed by atoms with E-state index in [9.17, 15) is 13.6 Å². The molecule has 0 atom stereocenters. The normalized spacial score (nSPS) is 12.2. The van der Waals surface area contributed by atoms with Crippen molar-refractivity contribution < 1.29 is 13.6 Å². The second-order valence-corrected chi connectivity index (χ2v) is 2.31. The lowest BCUT2D eigenvalue weighted by Gasteiger charge is -2.02. The molecule has 0 aliphatic heterocycles. The molecule has 0 heterocycles. The third-order valence-electron chi connectivity index (χ3n) is 1.30. The zero-order valence-corrected chi connectivity index (χ0v) is 7.81. The third kappa shape index (κ3) is 3.35. The van der Waals surface area contributed by atoms with Gasteiger partial charge in [-0.15, -0.1) is 0 Å². The molecule has 1 amide bonds. The van der Waals surface area contributed by atoms with E-state index in [4.69, 9.17) is 0 Å². The Morgan fingerprint density at radius 3 is 2.36 bits per heavy atom. The van der Waals surface area contributed by atoms with Gasteiger partial charge in [-0.2, -0.15) is 0 Å². The maximum Gasteiger partial charge on any atom is 0.261 e. The Kier molecular flexibility index (Phi) is 5.14. The fourth-order valence-electron chi connectivity index (χ4n) is 0.694. The molecule has 0 radical (unpaired) electrons. The average Bonchev–Trinajstić information content (AvgIpc) is 2.14. The standard InChI is InChI=1S/C10H11F2NO/c1-4-6-13-10(14)9(7(3)11)8(12)5-2/h4-6H,2-3H2,1H3,(H,13,14)/b6-4-,9-8-. The van der Waals surface area contributed by atoms with Crippen molar-refractivity contribution in [1.29, 1.82) is 0 Å². The van der Waals surface area contributed by atoms with E-state index in [0.717, 1.165) is 6.08 Å². The van der Waals surface area contributed by atoms with Crippen molar-refractivity contribution in [2.75, 3.05) is 0 Å². The maximum atomic E-state index is 12.9. The van der Waals surface area contributed by atoms with Crippen molar-refractivity contribution in [2.45, 2.75) is 6.92 Å². The molecule has 0 rings (SSSR count). The van der Waals surface area contributed by atoms with Gasteiger partial charge in [0.1, 0.15) is 17.2 Å². The molecule has 0 bridgehead atoms. The van der Waals surface area contributed by atoms with Crippen molar-refractivity contribution in [3.8, 4) is 0 Å². The summed E-state index contributed by atoms with van der Waals surface area (Å²) in [6.07, 6.45) is 3.53. The molecule has 4 heteroatoms. The van der Waals surface area contributed by atoms with Crippen LogP contribution in [0.5, 0.6) is 0 Å². The van der Waals surface area contributed by atoms with E-state index in [1.54, 1.807) is 6.92 Å². The summed E-state index contributed by atoms with van der Waals surface area (Å²) in [5, 5.41) is 2.16. The predicted molar refractivity (Wildman–Crippen MR) is 51.5 cm³/mol. The Balaban J connectivity index is 4.95. The quantitative estimate of drug-likeness (QED) is 0.547. The van der Waals surface area contributed by atoms with E-state index in [-0.39, 0.29) is 0 Å². The summed E-state index contributed by atoms with van der Waals surface area (Å²) >= 11 is 0. The van der Waals surface area contributed by atoms with Gasteiger partial charge in [0.2, 0.25) is 0 Å². The summed E-state index contributed by atoms with van der Waals surface area (Å²) in [6.45, 7) is 7.59. The highest BCUT2D eigenvalue weighted by atomic mass is 19.1. The minimum absolute atomic E-state index is 0.738. The first-order valence-corrected chi connectivity index (χ1v) is 3.83. The first-order chi connectivity index (χ1) is 6.54. The lowest BCUT2D eigenvalue weighted by molar-refractivity contribution is -0.116. The lowest BCUT2D eigenvalue weighted by atomic mass is 10.2. The Labute approximate surface area is 81.3 Å². The van der Waals surface area contributed by atoms with Crippen LogP contribution in [0, 0.1) is 0 Å². The van der Waals surface area contributed by atoms with Crippen molar-refractivity contribution in [2.24, 2.45) is 0 Å². The first-order valence-electron chi connectivity index (χ1n) is 3.83. The van der Waals surface area contributed by atoms with Crippen LogP contribution in [0.2, 0.25) is 0 Å². The summed E-state index contributed by atoms with van der Waals surface area (Å²) in [4.78, 5) is 11.1. The van der Waals surface area contributed by atoms with Gasteiger partial charge >= 0.3 is 0 Å². The minimum Gasteiger partial charge on any atom is -0.329 e. The van der Waals surface area contributed by atoms with Gasteiger partial charge < -0.3 is 5.32 Å². The highest BCUT2D eigenvalue weighted by Crippen LogP contribution is 2.16. The van der Waals surface area contributed by atoms with Crippen LogP contribution < -0.4 is 5.32 Å². The third-order valence-corrected chi connectivity index (χ3v) is 1.30. The van der Waals surface area contributed by atoms with Crippen LogP contribution in [0.25, 0.3) is 0 Å².